The van der Waals surface area contributed by atoms with Crippen LogP contribution >= 0.6 is 0 Å². The molecule has 0 bridgehead atoms. The Balaban J connectivity index is 1.28. The molecule has 11 aromatic rings. The van der Waals surface area contributed by atoms with Crippen LogP contribution in [-0.2, 0) is 0 Å². The molecule has 8 aromatic carbocycles. The van der Waals surface area contributed by atoms with Gasteiger partial charge in [-0.1, -0.05) is 91.0 Å². The number of hydrogen-bond acceptors (Lipinski definition) is 4. The second-order valence-electron chi connectivity index (χ2n) is 12.5. The van der Waals surface area contributed by atoms with Crippen molar-refractivity contribution in [2.24, 2.45) is 0 Å². The molecule has 11 rings (SSSR count). The van der Waals surface area contributed by atoms with E-state index in [9.17, 15) is 0 Å². The number of hydrogen-bond donors (Lipinski definition) is 0. The van der Waals surface area contributed by atoms with Gasteiger partial charge in [-0.25, -0.2) is 0 Å². The van der Waals surface area contributed by atoms with Gasteiger partial charge in [-0.05, 0) is 59.3 Å². The fourth-order valence-corrected chi connectivity index (χ4v) is 7.70. The van der Waals surface area contributed by atoms with E-state index in [1.807, 2.05) is 30.3 Å². The Morgan fingerprint density at radius 3 is 1.67 bits per heavy atom. The van der Waals surface area contributed by atoms with E-state index >= 15 is 0 Å². The summed E-state index contributed by atoms with van der Waals surface area (Å²) in [5, 5.41) is 11.3. The van der Waals surface area contributed by atoms with Crippen LogP contribution in [0, 0.1) is 0 Å². The minimum atomic E-state index is 0.841. The second kappa shape index (κ2) is 9.50. The first-order valence-electron chi connectivity index (χ1n) is 16.2. The quantitative estimate of drug-likeness (QED) is 0.185. The highest BCUT2D eigenvalue weighted by Gasteiger charge is 2.23. The largest absolute Gasteiger partial charge is 0.456 e. The third-order valence-corrected chi connectivity index (χ3v) is 9.83. The Morgan fingerprint density at radius 2 is 0.854 bits per heavy atom. The molecule has 0 fully saturated rings. The van der Waals surface area contributed by atoms with Crippen LogP contribution in [0.3, 0.4) is 0 Å². The predicted octanol–water partition coefficient (Wildman–Crippen LogP) is 13.2. The zero-order chi connectivity index (χ0) is 31.3. The maximum Gasteiger partial charge on any atom is 0.138 e. The standard InChI is InChI=1S/C44H25NO3/c1-2-10-29-26(9-1)17-20-33-36(25-42-44(43(29)33)34-13-5-8-16-39(34)48-42)45(27-19-22-40-35(23-27)31-12-4-7-15-38(31)46-40)28-18-21-32-30-11-3-6-14-37(30)47-41(32)24-28/h1-25H. The van der Waals surface area contributed by atoms with Gasteiger partial charge in [0.05, 0.1) is 5.69 Å². The first-order valence-corrected chi connectivity index (χ1v) is 16.2. The van der Waals surface area contributed by atoms with Gasteiger partial charge in [-0.3, -0.25) is 0 Å². The fourth-order valence-electron chi connectivity index (χ4n) is 7.70. The van der Waals surface area contributed by atoms with Crippen molar-refractivity contribution in [2.45, 2.75) is 0 Å². The maximum atomic E-state index is 6.64. The molecule has 0 aliphatic carbocycles. The van der Waals surface area contributed by atoms with E-state index < -0.39 is 0 Å². The summed E-state index contributed by atoms with van der Waals surface area (Å²) in [5.41, 5.74) is 8.19. The van der Waals surface area contributed by atoms with Crippen molar-refractivity contribution in [2.75, 3.05) is 4.90 Å². The Kier molecular flexibility index (Phi) is 5.08. The Hall–Kier alpha value is -6.52. The van der Waals surface area contributed by atoms with Gasteiger partial charge in [-0.15, -0.1) is 0 Å². The molecule has 0 spiro atoms. The van der Waals surface area contributed by atoms with Gasteiger partial charge in [0.2, 0.25) is 0 Å². The van der Waals surface area contributed by atoms with Crippen molar-refractivity contribution in [3.05, 3.63) is 152 Å². The van der Waals surface area contributed by atoms with Gasteiger partial charge in [0.15, 0.2) is 0 Å². The van der Waals surface area contributed by atoms with Crippen LogP contribution in [0.25, 0.3) is 87.4 Å². The molecule has 4 heteroatoms. The number of furan rings is 3. The number of para-hydroxylation sites is 3. The molecule has 0 amide bonds. The smallest absolute Gasteiger partial charge is 0.138 e. The monoisotopic (exact) mass is 615 g/mol. The van der Waals surface area contributed by atoms with Crippen LogP contribution in [0.15, 0.2) is 165 Å². The van der Waals surface area contributed by atoms with E-state index in [0.717, 1.165) is 88.3 Å². The number of nitrogens with zero attached hydrogens (tertiary/aromatic N) is 1. The first-order chi connectivity index (χ1) is 23.8. The molecule has 4 nitrogen and oxygen atoms in total. The average molecular weight is 616 g/mol. The summed E-state index contributed by atoms with van der Waals surface area (Å²) in [4.78, 5) is 2.33. The third kappa shape index (κ3) is 3.54. The molecule has 224 valence electrons. The number of anilines is 3. The van der Waals surface area contributed by atoms with Crippen molar-refractivity contribution in [3.63, 3.8) is 0 Å². The van der Waals surface area contributed by atoms with Crippen LogP contribution in [0.4, 0.5) is 17.1 Å². The normalized spacial score (nSPS) is 12.2. The van der Waals surface area contributed by atoms with E-state index in [1.54, 1.807) is 0 Å². The van der Waals surface area contributed by atoms with E-state index in [2.05, 4.69) is 126 Å². The molecule has 0 radical (unpaired) electrons. The molecule has 0 saturated heterocycles. The zero-order valence-corrected chi connectivity index (χ0v) is 25.6. The van der Waals surface area contributed by atoms with E-state index in [-0.39, 0.29) is 0 Å². The molecule has 0 saturated carbocycles. The third-order valence-electron chi connectivity index (χ3n) is 9.83. The summed E-state index contributed by atoms with van der Waals surface area (Å²) in [5.74, 6) is 0. The molecule has 0 aliphatic rings. The zero-order valence-electron chi connectivity index (χ0n) is 25.6. The molecule has 0 N–H and O–H groups in total. The predicted molar refractivity (Wildman–Crippen MR) is 198 cm³/mol. The highest BCUT2D eigenvalue weighted by atomic mass is 16.3. The van der Waals surface area contributed by atoms with Crippen molar-refractivity contribution in [1.29, 1.82) is 0 Å². The Bertz CT molecular complexity index is 3090. The van der Waals surface area contributed by atoms with Gasteiger partial charge >= 0.3 is 0 Å². The highest BCUT2D eigenvalue weighted by Crippen LogP contribution is 2.48. The first kappa shape index (κ1) is 25.6. The lowest BCUT2D eigenvalue weighted by Gasteiger charge is -2.27. The van der Waals surface area contributed by atoms with Gasteiger partial charge < -0.3 is 18.2 Å². The molecule has 3 heterocycles. The van der Waals surface area contributed by atoms with Gasteiger partial charge in [0, 0.05) is 66.6 Å². The Labute approximate surface area is 273 Å². The van der Waals surface area contributed by atoms with E-state index in [4.69, 9.17) is 13.3 Å². The summed E-state index contributed by atoms with van der Waals surface area (Å²) in [6.45, 7) is 0. The minimum Gasteiger partial charge on any atom is -0.456 e. The summed E-state index contributed by atoms with van der Waals surface area (Å²) < 4.78 is 19.3. The average Bonchev–Trinajstić information content (AvgIpc) is 3.82. The van der Waals surface area contributed by atoms with E-state index in [1.165, 1.54) is 16.2 Å². The van der Waals surface area contributed by atoms with E-state index in [0.29, 0.717) is 0 Å². The summed E-state index contributed by atoms with van der Waals surface area (Å²) in [7, 11) is 0. The van der Waals surface area contributed by atoms with Crippen molar-refractivity contribution >= 4 is 104 Å². The summed E-state index contributed by atoms with van der Waals surface area (Å²) >= 11 is 0. The molecule has 0 aliphatic heterocycles. The number of fused-ring (bicyclic) bond motifs is 13. The van der Waals surface area contributed by atoms with Gasteiger partial charge in [0.1, 0.15) is 33.5 Å². The van der Waals surface area contributed by atoms with Crippen molar-refractivity contribution in [1.82, 2.24) is 0 Å². The lowest BCUT2D eigenvalue weighted by Crippen LogP contribution is -2.10. The maximum absolute atomic E-state index is 6.64. The molecule has 0 unspecified atom stereocenters. The highest BCUT2D eigenvalue weighted by molar-refractivity contribution is 6.29. The minimum absolute atomic E-state index is 0.841. The molecular weight excluding hydrogens is 590 g/mol. The molecule has 48 heavy (non-hydrogen) atoms. The van der Waals surface area contributed by atoms with Crippen LogP contribution < -0.4 is 4.90 Å². The fraction of sp³-hybridized carbons (Fsp3) is 0. The topological polar surface area (TPSA) is 42.7 Å². The molecular formula is C44H25NO3. The Morgan fingerprint density at radius 1 is 0.312 bits per heavy atom. The van der Waals surface area contributed by atoms with Crippen molar-refractivity contribution < 1.29 is 13.3 Å². The van der Waals surface area contributed by atoms with Crippen LogP contribution in [0.1, 0.15) is 0 Å². The number of rotatable bonds is 3. The number of benzene rings is 8. The SMILES string of the molecule is c1ccc2c(c1)ccc1c(N(c3ccc4c(c3)oc3ccccc34)c3ccc4oc5ccccc5c4c3)cc3oc4ccccc4c3c12. The molecule has 3 aromatic heterocycles. The van der Waals surface area contributed by atoms with Crippen LogP contribution in [0.5, 0.6) is 0 Å². The molecule has 0 atom stereocenters. The van der Waals surface area contributed by atoms with Crippen LogP contribution in [0.2, 0.25) is 0 Å². The lowest BCUT2D eigenvalue weighted by molar-refractivity contribution is 0.668. The van der Waals surface area contributed by atoms with Crippen molar-refractivity contribution in [3.8, 4) is 0 Å². The summed E-state index contributed by atoms with van der Waals surface area (Å²) in [6, 6.07) is 53.0. The van der Waals surface area contributed by atoms with Gasteiger partial charge in [-0.2, -0.15) is 0 Å². The van der Waals surface area contributed by atoms with Gasteiger partial charge in [0.25, 0.3) is 0 Å². The second-order valence-corrected chi connectivity index (χ2v) is 12.5. The van der Waals surface area contributed by atoms with Crippen LogP contribution in [-0.4, -0.2) is 0 Å². The summed E-state index contributed by atoms with van der Waals surface area (Å²) in [6.07, 6.45) is 0. The lowest BCUT2D eigenvalue weighted by atomic mass is 9.95.